The summed E-state index contributed by atoms with van der Waals surface area (Å²) < 4.78 is 0. The quantitative estimate of drug-likeness (QED) is 0.582. The lowest BCUT2D eigenvalue weighted by Crippen LogP contribution is -2.12. The first-order valence-electron chi connectivity index (χ1n) is 8.24. The Bertz CT molecular complexity index is 1110. The lowest BCUT2D eigenvalue weighted by molar-refractivity contribution is 0.0966. The molecule has 1 amide bonds. The molecule has 0 saturated heterocycles. The Morgan fingerprint density at radius 3 is 2.64 bits per heavy atom. The second-order valence-corrected chi connectivity index (χ2v) is 6.24. The maximum Gasteiger partial charge on any atom is 0.251 e. The summed E-state index contributed by atoms with van der Waals surface area (Å²) >= 11 is 0. The summed E-state index contributed by atoms with van der Waals surface area (Å²) in [5.74, 6) is 0.00788. The van der Waals surface area contributed by atoms with Gasteiger partial charge in [0.15, 0.2) is 0 Å². The molecule has 25 heavy (non-hydrogen) atoms. The summed E-state index contributed by atoms with van der Waals surface area (Å²) in [6, 6.07) is 18.4. The predicted molar refractivity (Wildman–Crippen MR) is 98.1 cm³/mol. The molecule has 0 fully saturated rings. The van der Waals surface area contributed by atoms with Crippen LogP contribution in [0.15, 0.2) is 67.0 Å². The van der Waals surface area contributed by atoms with Crippen LogP contribution in [0.3, 0.4) is 0 Å². The topological polar surface area (TPSA) is 57.8 Å². The third kappa shape index (κ3) is 2.22. The fraction of sp³-hybridized carbons (Fsp3) is 0.0476. The van der Waals surface area contributed by atoms with E-state index in [1.165, 1.54) is 0 Å². The number of benzene rings is 2. The Hall–Kier alpha value is -3.40. The summed E-state index contributed by atoms with van der Waals surface area (Å²) in [6.45, 7) is 0.595. The van der Waals surface area contributed by atoms with Crippen molar-refractivity contribution in [3.8, 4) is 22.3 Å². The van der Waals surface area contributed by atoms with Gasteiger partial charge in [0.25, 0.3) is 5.91 Å². The molecule has 0 bridgehead atoms. The number of aromatic nitrogens is 2. The molecule has 5 rings (SSSR count). The Labute approximate surface area is 144 Å². The third-order valence-corrected chi connectivity index (χ3v) is 4.74. The highest BCUT2D eigenvalue weighted by Crippen LogP contribution is 2.32. The van der Waals surface area contributed by atoms with E-state index in [9.17, 15) is 4.79 Å². The summed E-state index contributed by atoms with van der Waals surface area (Å²) in [4.78, 5) is 19.6. The van der Waals surface area contributed by atoms with Crippen LogP contribution in [-0.2, 0) is 6.54 Å². The zero-order chi connectivity index (χ0) is 16.8. The van der Waals surface area contributed by atoms with Crippen molar-refractivity contribution in [2.75, 3.05) is 0 Å². The second kappa shape index (κ2) is 5.31. The molecule has 2 aromatic carbocycles. The van der Waals surface area contributed by atoms with Crippen molar-refractivity contribution in [2.24, 2.45) is 0 Å². The maximum atomic E-state index is 11.7. The van der Waals surface area contributed by atoms with Gasteiger partial charge < -0.3 is 10.3 Å². The van der Waals surface area contributed by atoms with Gasteiger partial charge in [-0.1, -0.05) is 36.4 Å². The molecule has 2 aromatic heterocycles. The van der Waals surface area contributed by atoms with Crippen molar-refractivity contribution in [1.82, 2.24) is 15.3 Å². The molecule has 0 spiro atoms. The molecular formula is C21H15N3O. The third-order valence-electron chi connectivity index (χ3n) is 4.74. The first-order chi connectivity index (χ1) is 12.3. The first kappa shape index (κ1) is 14.0. The first-order valence-corrected chi connectivity index (χ1v) is 8.24. The van der Waals surface area contributed by atoms with Gasteiger partial charge in [-0.2, -0.15) is 0 Å². The van der Waals surface area contributed by atoms with Gasteiger partial charge in [-0.3, -0.25) is 4.79 Å². The second-order valence-electron chi connectivity index (χ2n) is 6.24. The summed E-state index contributed by atoms with van der Waals surface area (Å²) in [7, 11) is 0. The summed E-state index contributed by atoms with van der Waals surface area (Å²) in [6.07, 6.45) is 3.88. The number of carbonyl (C=O) groups is 1. The van der Waals surface area contributed by atoms with Crippen LogP contribution in [0.25, 0.3) is 33.3 Å². The fourth-order valence-electron chi connectivity index (χ4n) is 3.43. The Kier molecular flexibility index (Phi) is 2.97. The Morgan fingerprint density at radius 2 is 1.76 bits per heavy atom. The van der Waals surface area contributed by atoms with Crippen LogP contribution >= 0.6 is 0 Å². The minimum Gasteiger partial charge on any atom is -0.348 e. The number of pyridine rings is 1. The minimum absolute atomic E-state index is 0.00788. The molecule has 3 heterocycles. The zero-order valence-electron chi connectivity index (χ0n) is 13.4. The van der Waals surface area contributed by atoms with Crippen molar-refractivity contribution < 1.29 is 4.79 Å². The number of rotatable bonds is 2. The van der Waals surface area contributed by atoms with Gasteiger partial charge in [0.05, 0.1) is 0 Å². The summed E-state index contributed by atoms with van der Waals surface area (Å²) in [5.41, 5.74) is 7.11. The number of H-pyrrole nitrogens is 1. The van der Waals surface area contributed by atoms with E-state index in [1.807, 2.05) is 42.7 Å². The van der Waals surface area contributed by atoms with Crippen molar-refractivity contribution >= 4 is 16.9 Å². The number of hydrogen-bond acceptors (Lipinski definition) is 2. The van der Waals surface area contributed by atoms with Crippen LogP contribution in [0, 0.1) is 0 Å². The highest BCUT2D eigenvalue weighted by Gasteiger charge is 2.19. The highest BCUT2D eigenvalue weighted by molar-refractivity contribution is 6.00. The van der Waals surface area contributed by atoms with Crippen molar-refractivity contribution in [1.29, 1.82) is 0 Å². The van der Waals surface area contributed by atoms with E-state index in [-0.39, 0.29) is 5.91 Å². The van der Waals surface area contributed by atoms with Gasteiger partial charge in [-0.15, -0.1) is 0 Å². The number of aromatic amines is 1. The highest BCUT2D eigenvalue weighted by atomic mass is 16.1. The van der Waals surface area contributed by atoms with Gasteiger partial charge in [0.1, 0.15) is 5.65 Å². The van der Waals surface area contributed by atoms with E-state index in [0.717, 1.165) is 44.4 Å². The van der Waals surface area contributed by atoms with Crippen LogP contribution in [0.4, 0.5) is 0 Å². The molecule has 0 radical (unpaired) electrons. The lowest BCUT2D eigenvalue weighted by atomic mass is 9.99. The van der Waals surface area contributed by atoms with Gasteiger partial charge in [0.2, 0.25) is 0 Å². The molecule has 120 valence electrons. The number of amides is 1. The zero-order valence-corrected chi connectivity index (χ0v) is 13.4. The predicted octanol–water partition coefficient (Wildman–Crippen LogP) is 4.14. The van der Waals surface area contributed by atoms with Crippen molar-refractivity contribution in [2.45, 2.75) is 6.54 Å². The number of carbonyl (C=O) groups excluding carboxylic acids is 1. The van der Waals surface area contributed by atoms with Crippen LogP contribution in [0.2, 0.25) is 0 Å². The number of nitrogens with one attached hydrogen (secondary N) is 2. The van der Waals surface area contributed by atoms with Crippen LogP contribution in [0.5, 0.6) is 0 Å². The monoisotopic (exact) mass is 325 g/mol. The Morgan fingerprint density at radius 1 is 0.880 bits per heavy atom. The molecule has 4 aromatic rings. The number of nitrogens with zero attached hydrogens (tertiary/aromatic N) is 1. The van der Waals surface area contributed by atoms with E-state index < -0.39 is 0 Å². The van der Waals surface area contributed by atoms with E-state index >= 15 is 0 Å². The SMILES string of the molecule is O=C1NCc2cc(-c3c[nH]c4ncc(-c5ccccc5)cc34)ccc21. The van der Waals surface area contributed by atoms with E-state index in [4.69, 9.17) is 0 Å². The molecule has 2 N–H and O–H groups in total. The number of hydrogen-bond donors (Lipinski definition) is 2. The molecule has 0 atom stereocenters. The molecule has 0 unspecified atom stereocenters. The largest absolute Gasteiger partial charge is 0.348 e. The molecule has 1 aliphatic heterocycles. The normalized spacial score (nSPS) is 13.0. The maximum absolute atomic E-state index is 11.7. The fourth-order valence-corrected chi connectivity index (χ4v) is 3.43. The van der Waals surface area contributed by atoms with Crippen molar-refractivity contribution in [3.05, 3.63) is 78.1 Å². The minimum atomic E-state index is 0.00788. The Balaban J connectivity index is 1.66. The molecule has 0 aliphatic carbocycles. The van der Waals surface area contributed by atoms with Gasteiger partial charge in [-0.05, 0) is 34.9 Å². The van der Waals surface area contributed by atoms with Crippen LogP contribution < -0.4 is 5.32 Å². The van der Waals surface area contributed by atoms with Gasteiger partial charge in [-0.25, -0.2) is 4.98 Å². The molecule has 1 aliphatic rings. The van der Waals surface area contributed by atoms with Crippen molar-refractivity contribution in [3.63, 3.8) is 0 Å². The molecule has 4 nitrogen and oxygen atoms in total. The molecular weight excluding hydrogens is 310 g/mol. The number of fused-ring (bicyclic) bond motifs is 2. The summed E-state index contributed by atoms with van der Waals surface area (Å²) in [5, 5.41) is 3.95. The van der Waals surface area contributed by atoms with Crippen LogP contribution in [-0.4, -0.2) is 15.9 Å². The van der Waals surface area contributed by atoms with Gasteiger partial charge in [0, 0.05) is 41.0 Å². The standard InChI is InChI=1S/C21H15N3O/c25-21-17-7-6-14(8-16(17)11-24-21)19-12-23-20-18(19)9-15(10-22-20)13-4-2-1-3-5-13/h1-10,12H,11H2,(H,22,23)(H,24,25). The van der Waals surface area contributed by atoms with E-state index in [2.05, 4.69) is 39.6 Å². The lowest BCUT2D eigenvalue weighted by Gasteiger charge is -2.05. The van der Waals surface area contributed by atoms with Gasteiger partial charge >= 0.3 is 0 Å². The molecule has 4 heteroatoms. The average molecular weight is 325 g/mol. The van der Waals surface area contributed by atoms with E-state index in [1.54, 1.807) is 0 Å². The van der Waals surface area contributed by atoms with E-state index in [0.29, 0.717) is 6.54 Å². The smallest absolute Gasteiger partial charge is 0.251 e. The van der Waals surface area contributed by atoms with Crippen LogP contribution in [0.1, 0.15) is 15.9 Å². The molecule has 0 saturated carbocycles. The average Bonchev–Trinajstić information content (AvgIpc) is 3.25.